The standard InChI is InChI=1S/C22H18N2O6/c1-28-18-9-7-13(15-5-3-4-6-16(15)18)11-17-20(25)24(22(27)23-17)12-14-8-10-19(30-14)21(26)29-2/h3-11H,12H2,1-2H3,(H,23,27)/b17-11-. The lowest BCUT2D eigenvalue weighted by Gasteiger charge is -2.09. The average molecular weight is 406 g/mol. The monoisotopic (exact) mass is 406 g/mol. The van der Waals surface area contributed by atoms with Gasteiger partial charge in [-0.1, -0.05) is 30.3 Å². The van der Waals surface area contributed by atoms with Crippen molar-refractivity contribution < 1.29 is 28.3 Å². The van der Waals surface area contributed by atoms with E-state index in [1.807, 2.05) is 36.4 Å². The molecule has 0 saturated carbocycles. The van der Waals surface area contributed by atoms with Gasteiger partial charge >= 0.3 is 12.0 Å². The summed E-state index contributed by atoms with van der Waals surface area (Å²) in [4.78, 5) is 37.7. The summed E-state index contributed by atoms with van der Waals surface area (Å²) in [5.41, 5.74) is 0.915. The van der Waals surface area contributed by atoms with Crippen molar-refractivity contribution in [2.24, 2.45) is 0 Å². The Morgan fingerprint density at radius 3 is 2.57 bits per heavy atom. The Morgan fingerprint density at radius 1 is 1.07 bits per heavy atom. The zero-order chi connectivity index (χ0) is 21.3. The van der Waals surface area contributed by atoms with Crippen LogP contribution in [0.1, 0.15) is 21.9 Å². The van der Waals surface area contributed by atoms with E-state index in [1.165, 1.54) is 19.2 Å². The fraction of sp³-hybridized carbons (Fsp3) is 0.136. The molecule has 1 fully saturated rings. The van der Waals surface area contributed by atoms with Gasteiger partial charge < -0.3 is 19.2 Å². The first-order valence-electron chi connectivity index (χ1n) is 9.09. The molecular formula is C22H18N2O6. The van der Waals surface area contributed by atoms with Gasteiger partial charge in [-0.25, -0.2) is 9.59 Å². The fourth-order valence-electron chi connectivity index (χ4n) is 3.30. The summed E-state index contributed by atoms with van der Waals surface area (Å²) in [6.45, 7) is -0.109. The Morgan fingerprint density at radius 2 is 1.83 bits per heavy atom. The molecule has 0 aliphatic carbocycles. The quantitative estimate of drug-likeness (QED) is 0.397. The highest BCUT2D eigenvalue weighted by Gasteiger charge is 2.34. The molecular weight excluding hydrogens is 388 g/mol. The molecule has 1 aliphatic heterocycles. The van der Waals surface area contributed by atoms with Crippen LogP contribution in [0.5, 0.6) is 5.75 Å². The number of esters is 1. The molecule has 1 aliphatic rings. The van der Waals surface area contributed by atoms with Crippen molar-refractivity contribution in [1.29, 1.82) is 0 Å². The summed E-state index contributed by atoms with van der Waals surface area (Å²) in [6, 6.07) is 13.6. The van der Waals surface area contributed by atoms with Crippen molar-refractivity contribution in [2.45, 2.75) is 6.54 Å². The first-order chi connectivity index (χ1) is 14.5. The molecule has 0 bridgehead atoms. The number of nitrogens with zero attached hydrogens (tertiary/aromatic N) is 1. The molecule has 0 spiro atoms. The van der Waals surface area contributed by atoms with Crippen LogP contribution in [0.15, 0.2) is 58.6 Å². The van der Waals surface area contributed by atoms with E-state index in [2.05, 4.69) is 10.1 Å². The third kappa shape index (κ3) is 3.39. The van der Waals surface area contributed by atoms with Gasteiger partial charge in [0.15, 0.2) is 0 Å². The topological polar surface area (TPSA) is 98.1 Å². The van der Waals surface area contributed by atoms with Gasteiger partial charge in [-0.2, -0.15) is 0 Å². The van der Waals surface area contributed by atoms with Crippen LogP contribution in [0.3, 0.4) is 0 Å². The van der Waals surface area contributed by atoms with E-state index < -0.39 is 17.9 Å². The van der Waals surface area contributed by atoms with E-state index >= 15 is 0 Å². The van der Waals surface area contributed by atoms with Gasteiger partial charge in [-0.3, -0.25) is 9.69 Å². The van der Waals surface area contributed by atoms with Crippen LogP contribution in [0.25, 0.3) is 16.8 Å². The number of ether oxygens (including phenoxy) is 2. The largest absolute Gasteiger partial charge is 0.496 e. The number of hydrogen-bond donors (Lipinski definition) is 1. The Kier molecular flexibility index (Phi) is 4.97. The number of furan rings is 1. The van der Waals surface area contributed by atoms with Crippen molar-refractivity contribution in [1.82, 2.24) is 10.2 Å². The van der Waals surface area contributed by atoms with Crippen molar-refractivity contribution in [3.05, 3.63) is 71.3 Å². The Bertz CT molecular complexity index is 1190. The highest BCUT2D eigenvalue weighted by atomic mass is 16.5. The Labute approximate surface area is 171 Å². The third-order valence-corrected chi connectivity index (χ3v) is 4.76. The number of hydrogen-bond acceptors (Lipinski definition) is 6. The summed E-state index contributed by atoms with van der Waals surface area (Å²) < 4.78 is 15.3. The van der Waals surface area contributed by atoms with E-state index in [9.17, 15) is 14.4 Å². The second-order valence-corrected chi connectivity index (χ2v) is 6.54. The maximum absolute atomic E-state index is 12.8. The number of methoxy groups -OCH3 is 2. The van der Waals surface area contributed by atoms with Crippen LogP contribution in [0, 0.1) is 0 Å². The molecule has 30 heavy (non-hydrogen) atoms. The van der Waals surface area contributed by atoms with Gasteiger partial charge in [-0.05, 0) is 35.2 Å². The number of benzene rings is 2. The lowest BCUT2D eigenvalue weighted by atomic mass is 10.0. The minimum absolute atomic E-state index is 0.0000207. The van der Waals surface area contributed by atoms with Crippen LogP contribution in [0.4, 0.5) is 4.79 Å². The number of fused-ring (bicyclic) bond motifs is 1. The van der Waals surface area contributed by atoms with Gasteiger partial charge in [0.1, 0.15) is 17.2 Å². The smallest absolute Gasteiger partial charge is 0.373 e. The molecule has 8 heteroatoms. The highest BCUT2D eigenvalue weighted by Crippen LogP contribution is 2.30. The van der Waals surface area contributed by atoms with Crippen LogP contribution in [0.2, 0.25) is 0 Å². The molecule has 1 aromatic heterocycles. The van der Waals surface area contributed by atoms with Crippen LogP contribution >= 0.6 is 0 Å². The molecule has 8 nitrogen and oxygen atoms in total. The Hall–Kier alpha value is -4.07. The predicted molar refractivity (Wildman–Crippen MR) is 108 cm³/mol. The lowest BCUT2D eigenvalue weighted by Crippen LogP contribution is -2.30. The molecule has 3 aromatic rings. The second-order valence-electron chi connectivity index (χ2n) is 6.54. The van der Waals surface area contributed by atoms with E-state index in [4.69, 9.17) is 9.15 Å². The predicted octanol–water partition coefficient (Wildman–Crippen LogP) is 3.32. The molecule has 2 aromatic carbocycles. The van der Waals surface area contributed by atoms with Crippen molar-refractivity contribution in [3.8, 4) is 5.75 Å². The summed E-state index contributed by atoms with van der Waals surface area (Å²) >= 11 is 0. The maximum Gasteiger partial charge on any atom is 0.373 e. The van der Waals surface area contributed by atoms with E-state index in [0.717, 1.165) is 27.0 Å². The van der Waals surface area contributed by atoms with Gasteiger partial charge in [0, 0.05) is 5.39 Å². The number of urea groups is 1. The van der Waals surface area contributed by atoms with Crippen LogP contribution < -0.4 is 10.1 Å². The molecule has 152 valence electrons. The van der Waals surface area contributed by atoms with Crippen molar-refractivity contribution >= 4 is 34.8 Å². The van der Waals surface area contributed by atoms with Gasteiger partial charge in [0.2, 0.25) is 5.76 Å². The van der Waals surface area contributed by atoms with Gasteiger partial charge in [0.25, 0.3) is 5.91 Å². The highest BCUT2D eigenvalue weighted by molar-refractivity contribution is 6.14. The number of carbonyl (C=O) groups is 3. The van der Waals surface area contributed by atoms with E-state index in [-0.39, 0.29) is 23.8 Å². The fourth-order valence-corrected chi connectivity index (χ4v) is 3.30. The molecule has 0 unspecified atom stereocenters. The molecule has 2 heterocycles. The first-order valence-corrected chi connectivity index (χ1v) is 9.09. The van der Waals surface area contributed by atoms with Crippen LogP contribution in [-0.4, -0.2) is 37.0 Å². The summed E-state index contributed by atoms with van der Waals surface area (Å²) in [5, 5.41) is 4.38. The van der Waals surface area contributed by atoms with E-state index in [0.29, 0.717) is 0 Å². The van der Waals surface area contributed by atoms with Gasteiger partial charge in [-0.15, -0.1) is 0 Å². The summed E-state index contributed by atoms with van der Waals surface area (Å²) in [5.74, 6) is -0.119. The summed E-state index contributed by atoms with van der Waals surface area (Å²) in [7, 11) is 2.83. The van der Waals surface area contributed by atoms with E-state index in [1.54, 1.807) is 13.2 Å². The zero-order valence-electron chi connectivity index (χ0n) is 16.3. The molecule has 0 radical (unpaired) electrons. The summed E-state index contributed by atoms with van der Waals surface area (Å²) in [6.07, 6.45) is 1.63. The maximum atomic E-state index is 12.8. The molecule has 1 saturated heterocycles. The number of rotatable bonds is 5. The van der Waals surface area contributed by atoms with Gasteiger partial charge in [0.05, 0.1) is 20.8 Å². The molecule has 1 N–H and O–H groups in total. The number of carbonyl (C=O) groups excluding carboxylic acids is 3. The SMILES string of the molecule is COC(=O)c1ccc(CN2C(=O)N/C(=C\c3ccc(OC)c4ccccc34)C2=O)o1. The second kappa shape index (κ2) is 7.75. The van der Waals surface area contributed by atoms with Crippen molar-refractivity contribution in [3.63, 3.8) is 0 Å². The zero-order valence-corrected chi connectivity index (χ0v) is 16.3. The molecule has 4 rings (SSSR count). The Balaban J connectivity index is 1.62. The number of amides is 3. The molecule has 3 amide bonds. The third-order valence-electron chi connectivity index (χ3n) is 4.76. The average Bonchev–Trinajstić information content (AvgIpc) is 3.34. The normalized spacial score (nSPS) is 15.0. The number of imide groups is 1. The molecule has 0 atom stereocenters. The van der Waals surface area contributed by atoms with Crippen molar-refractivity contribution in [2.75, 3.05) is 14.2 Å². The minimum atomic E-state index is -0.634. The number of nitrogens with one attached hydrogen (secondary N) is 1. The van der Waals surface area contributed by atoms with Crippen LogP contribution in [-0.2, 0) is 16.1 Å². The first kappa shape index (κ1) is 19.3. The minimum Gasteiger partial charge on any atom is -0.496 e. The lowest BCUT2D eigenvalue weighted by molar-refractivity contribution is -0.123.